The first-order valence-corrected chi connectivity index (χ1v) is 9.12. The zero-order valence-corrected chi connectivity index (χ0v) is 15.6. The van der Waals surface area contributed by atoms with Gasteiger partial charge in [-0.3, -0.25) is 4.79 Å². The molecule has 4 heteroatoms. The van der Waals surface area contributed by atoms with Crippen molar-refractivity contribution in [2.45, 2.75) is 31.4 Å². The first kappa shape index (κ1) is 18.4. The molecule has 0 radical (unpaired) electrons. The number of ether oxygens (including phenoxy) is 1. The van der Waals surface area contributed by atoms with E-state index in [1.165, 1.54) is 10.5 Å². The molecule has 0 saturated carbocycles. The Labute approximate surface area is 148 Å². The van der Waals surface area contributed by atoms with Crippen LogP contribution in [0.1, 0.15) is 35.3 Å². The molecule has 0 unspecified atom stereocenters. The van der Waals surface area contributed by atoms with Gasteiger partial charge in [0.25, 0.3) is 5.91 Å². The number of methoxy groups -OCH3 is 1. The maximum atomic E-state index is 12.3. The van der Waals surface area contributed by atoms with E-state index in [2.05, 4.69) is 50.4 Å². The van der Waals surface area contributed by atoms with Gasteiger partial charge in [-0.15, -0.1) is 11.8 Å². The van der Waals surface area contributed by atoms with Gasteiger partial charge in [0.2, 0.25) is 0 Å². The van der Waals surface area contributed by atoms with Gasteiger partial charge in [-0.2, -0.15) is 0 Å². The van der Waals surface area contributed by atoms with Crippen LogP contribution in [0.3, 0.4) is 0 Å². The molecular formula is C20H25NO2S. The summed E-state index contributed by atoms with van der Waals surface area (Å²) in [6, 6.07) is 14.1. The Morgan fingerprint density at radius 3 is 2.50 bits per heavy atom. The summed E-state index contributed by atoms with van der Waals surface area (Å²) < 4.78 is 5.44. The second-order valence-corrected chi connectivity index (χ2v) is 7.28. The minimum absolute atomic E-state index is 0.0343. The molecule has 0 spiro atoms. The molecule has 128 valence electrons. The van der Waals surface area contributed by atoms with Gasteiger partial charge < -0.3 is 10.1 Å². The summed E-state index contributed by atoms with van der Waals surface area (Å²) >= 11 is 1.74. The smallest absolute Gasteiger partial charge is 0.251 e. The number of carbonyl (C=O) groups is 1. The van der Waals surface area contributed by atoms with Crippen LogP contribution in [0.15, 0.2) is 47.4 Å². The fourth-order valence-corrected chi connectivity index (χ4v) is 3.10. The lowest BCUT2D eigenvalue weighted by Gasteiger charge is -2.12. The van der Waals surface area contributed by atoms with Gasteiger partial charge in [0.15, 0.2) is 0 Å². The molecule has 1 amide bonds. The third-order valence-corrected chi connectivity index (χ3v) is 4.69. The number of nitrogens with one attached hydrogen (secondary N) is 1. The molecule has 0 aromatic heterocycles. The predicted molar refractivity (Wildman–Crippen MR) is 101 cm³/mol. The number of hydrogen-bond donors (Lipinski definition) is 1. The fraction of sp³-hybridized carbons (Fsp3) is 0.350. The standard InChI is InChI=1S/C20H25NO2S/c1-14(2)12-21-20(22)16-7-10-19(23-4)17(11-16)13-24-18-8-5-15(3)6-9-18/h5-11,14H,12-13H2,1-4H3,(H,21,22). The Kier molecular flexibility index (Phi) is 6.73. The predicted octanol–water partition coefficient (Wildman–Crippen LogP) is 4.68. The summed E-state index contributed by atoms with van der Waals surface area (Å²) in [6.45, 7) is 6.92. The van der Waals surface area contributed by atoms with Gasteiger partial charge in [-0.1, -0.05) is 31.5 Å². The normalized spacial score (nSPS) is 10.7. The lowest BCUT2D eigenvalue weighted by atomic mass is 10.1. The molecule has 24 heavy (non-hydrogen) atoms. The molecule has 2 aromatic rings. The Hall–Kier alpha value is -1.94. The summed E-state index contributed by atoms with van der Waals surface area (Å²) in [5.74, 6) is 1.98. The average Bonchev–Trinajstić information content (AvgIpc) is 2.58. The molecule has 3 nitrogen and oxygen atoms in total. The van der Waals surface area contributed by atoms with Crippen LogP contribution >= 0.6 is 11.8 Å². The molecule has 0 fully saturated rings. The van der Waals surface area contributed by atoms with Crippen molar-refractivity contribution in [1.29, 1.82) is 0 Å². The van der Waals surface area contributed by atoms with Crippen molar-refractivity contribution < 1.29 is 9.53 Å². The maximum absolute atomic E-state index is 12.3. The van der Waals surface area contributed by atoms with Crippen molar-refractivity contribution in [3.8, 4) is 5.75 Å². The summed E-state index contributed by atoms with van der Waals surface area (Å²) in [7, 11) is 1.66. The Morgan fingerprint density at radius 1 is 1.17 bits per heavy atom. The van der Waals surface area contributed by atoms with E-state index >= 15 is 0 Å². The lowest BCUT2D eigenvalue weighted by Crippen LogP contribution is -2.27. The minimum Gasteiger partial charge on any atom is -0.496 e. The molecule has 2 rings (SSSR count). The topological polar surface area (TPSA) is 38.3 Å². The first-order chi connectivity index (χ1) is 11.5. The van der Waals surface area contributed by atoms with E-state index in [4.69, 9.17) is 4.74 Å². The number of thioether (sulfide) groups is 1. The van der Waals surface area contributed by atoms with E-state index in [0.717, 1.165) is 17.1 Å². The summed E-state index contributed by atoms with van der Waals surface area (Å²) in [6.07, 6.45) is 0. The molecule has 0 aliphatic carbocycles. The van der Waals surface area contributed by atoms with E-state index in [-0.39, 0.29) is 5.91 Å². The van der Waals surface area contributed by atoms with Crippen LogP contribution in [0.5, 0.6) is 5.75 Å². The second-order valence-electron chi connectivity index (χ2n) is 6.23. The van der Waals surface area contributed by atoms with Crippen LogP contribution in [0.2, 0.25) is 0 Å². The highest BCUT2D eigenvalue weighted by Crippen LogP contribution is 2.29. The SMILES string of the molecule is COc1ccc(C(=O)NCC(C)C)cc1CSc1ccc(C)cc1. The molecule has 0 aliphatic heterocycles. The van der Waals surface area contributed by atoms with Crippen molar-refractivity contribution in [3.05, 3.63) is 59.2 Å². The molecule has 0 heterocycles. The fourth-order valence-electron chi connectivity index (χ4n) is 2.23. The molecular weight excluding hydrogens is 318 g/mol. The summed E-state index contributed by atoms with van der Waals surface area (Å²) in [4.78, 5) is 13.5. The van der Waals surface area contributed by atoms with Gasteiger partial charge >= 0.3 is 0 Å². The van der Waals surface area contributed by atoms with E-state index in [1.807, 2.05) is 18.2 Å². The van der Waals surface area contributed by atoms with Crippen molar-refractivity contribution in [2.75, 3.05) is 13.7 Å². The second kappa shape index (κ2) is 8.78. The van der Waals surface area contributed by atoms with Crippen LogP contribution in [-0.2, 0) is 5.75 Å². The van der Waals surface area contributed by atoms with Crippen LogP contribution in [0.25, 0.3) is 0 Å². The highest BCUT2D eigenvalue weighted by molar-refractivity contribution is 7.98. The van der Waals surface area contributed by atoms with E-state index in [9.17, 15) is 4.79 Å². The maximum Gasteiger partial charge on any atom is 0.251 e. The highest BCUT2D eigenvalue weighted by atomic mass is 32.2. The molecule has 0 aliphatic rings. The highest BCUT2D eigenvalue weighted by Gasteiger charge is 2.11. The number of benzene rings is 2. The van der Waals surface area contributed by atoms with Gasteiger partial charge in [0.1, 0.15) is 5.75 Å². The summed E-state index contributed by atoms with van der Waals surface area (Å²) in [5, 5.41) is 2.96. The molecule has 0 bridgehead atoms. The number of amides is 1. The minimum atomic E-state index is -0.0343. The molecule has 0 atom stereocenters. The van der Waals surface area contributed by atoms with E-state index < -0.39 is 0 Å². The van der Waals surface area contributed by atoms with Crippen molar-refractivity contribution in [3.63, 3.8) is 0 Å². The Bertz CT molecular complexity index is 681. The van der Waals surface area contributed by atoms with Crippen molar-refractivity contribution >= 4 is 17.7 Å². The van der Waals surface area contributed by atoms with Gasteiger partial charge in [0.05, 0.1) is 7.11 Å². The number of carbonyl (C=O) groups excluding carboxylic acids is 1. The third-order valence-electron chi connectivity index (χ3n) is 3.63. The Morgan fingerprint density at radius 2 is 1.88 bits per heavy atom. The van der Waals surface area contributed by atoms with Gasteiger partial charge in [-0.05, 0) is 43.2 Å². The Balaban J connectivity index is 2.10. The van der Waals surface area contributed by atoms with Crippen LogP contribution < -0.4 is 10.1 Å². The zero-order valence-electron chi connectivity index (χ0n) is 14.8. The van der Waals surface area contributed by atoms with Crippen molar-refractivity contribution in [2.24, 2.45) is 5.92 Å². The van der Waals surface area contributed by atoms with Gasteiger partial charge in [-0.25, -0.2) is 0 Å². The monoisotopic (exact) mass is 343 g/mol. The first-order valence-electron chi connectivity index (χ1n) is 8.14. The van der Waals surface area contributed by atoms with Crippen LogP contribution in [0, 0.1) is 12.8 Å². The quantitative estimate of drug-likeness (QED) is 0.742. The van der Waals surface area contributed by atoms with E-state index in [0.29, 0.717) is 18.0 Å². The molecule has 2 aromatic carbocycles. The van der Waals surface area contributed by atoms with Crippen molar-refractivity contribution in [1.82, 2.24) is 5.32 Å². The number of rotatable bonds is 7. The average molecular weight is 343 g/mol. The lowest BCUT2D eigenvalue weighted by molar-refractivity contribution is 0.0949. The largest absolute Gasteiger partial charge is 0.496 e. The van der Waals surface area contributed by atoms with Gasteiger partial charge in [0, 0.05) is 28.3 Å². The van der Waals surface area contributed by atoms with Crippen LogP contribution in [-0.4, -0.2) is 19.6 Å². The molecule has 0 saturated heterocycles. The third kappa shape index (κ3) is 5.31. The zero-order chi connectivity index (χ0) is 17.5. The molecule has 1 N–H and O–H groups in total. The number of aryl methyl sites for hydroxylation is 1. The van der Waals surface area contributed by atoms with E-state index in [1.54, 1.807) is 18.9 Å². The summed E-state index contributed by atoms with van der Waals surface area (Å²) in [5.41, 5.74) is 2.96. The number of hydrogen-bond acceptors (Lipinski definition) is 3. The van der Waals surface area contributed by atoms with Crippen LogP contribution in [0.4, 0.5) is 0 Å².